The van der Waals surface area contributed by atoms with Crippen LogP contribution in [0.5, 0.6) is 0 Å². The maximum absolute atomic E-state index is 10.4. The van der Waals surface area contributed by atoms with Gasteiger partial charge in [-0.15, -0.1) is 0 Å². The van der Waals surface area contributed by atoms with Crippen molar-refractivity contribution in [3.05, 3.63) is 0 Å². The molecule has 0 unspecified atom stereocenters. The number of rotatable bonds is 0. The molecule has 0 aliphatic heterocycles. The van der Waals surface area contributed by atoms with Gasteiger partial charge in [-0.25, -0.2) is 9.69 Å². The Morgan fingerprint density at radius 2 is 2.00 bits per heavy atom. The number of ether oxygens (including phenoxy) is 1. The second kappa shape index (κ2) is 3.29. The molecule has 0 radical (unpaired) electrons. The van der Waals surface area contributed by atoms with E-state index in [0.29, 0.717) is 4.90 Å². The van der Waals surface area contributed by atoms with Crippen molar-refractivity contribution in [2.75, 3.05) is 14.2 Å². The van der Waals surface area contributed by atoms with E-state index in [1.165, 1.54) is 14.2 Å². The van der Waals surface area contributed by atoms with Gasteiger partial charge in [0.25, 0.3) is 0 Å². The summed E-state index contributed by atoms with van der Waals surface area (Å²) >= 11 is 4.89. The number of carbonyl (C=O) groups is 2. The predicted octanol–water partition coefficient (Wildman–Crippen LogP) is 1.04. The summed E-state index contributed by atoms with van der Waals surface area (Å²) in [7, 11) is 2.39. The average Bonchev–Trinajstić information content (AvgIpc) is 1.84. The molecule has 0 aliphatic carbocycles. The van der Waals surface area contributed by atoms with E-state index in [1.807, 2.05) is 0 Å². The van der Waals surface area contributed by atoms with Gasteiger partial charge in [0.15, 0.2) is 0 Å². The van der Waals surface area contributed by atoms with Crippen LogP contribution in [0.3, 0.4) is 0 Å². The second-order valence-corrected chi connectivity index (χ2v) is 1.61. The first kappa shape index (κ1) is 8.23. The standard InChI is InChI=1S/C4H6ClNO3/c1-6(3(5)7)4(8)9-2/h1-2H3. The van der Waals surface area contributed by atoms with Gasteiger partial charge in [0.1, 0.15) is 0 Å². The van der Waals surface area contributed by atoms with Gasteiger partial charge in [-0.2, -0.15) is 0 Å². The van der Waals surface area contributed by atoms with Crippen LogP contribution in [0.1, 0.15) is 0 Å². The maximum atomic E-state index is 10.4. The number of hydrogen-bond acceptors (Lipinski definition) is 3. The van der Waals surface area contributed by atoms with Gasteiger partial charge in [0, 0.05) is 7.05 Å². The fraction of sp³-hybridized carbons (Fsp3) is 0.500. The number of nitrogens with zero attached hydrogens (tertiary/aromatic N) is 1. The number of imide groups is 1. The van der Waals surface area contributed by atoms with Crippen molar-refractivity contribution in [1.82, 2.24) is 4.90 Å². The molecular weight excluding hydrogens is 146 g/mol. The number of hydrogen-bond donors (Lipinski definition) is 0. The zero-order valence-electron chi connectivity index (χ0n) is 5.05. The van der Waals surface area contributed by atoms with Gasteiger partial charge >= 0.3 is 11.5 Å². The summed E-state index contributed by atoms with van der Waals surface area (Å²) < 4.78 is 4.16. The highest BCUT2D eigenvalue weighted by Crippen LogP contribution is 1.93. The first-order valence-corrected chi connectivity index (χ1v) is 2.48. The lowest BCUT2D eigenvalue weighted by molar-refractivity contribution is 0.143. The van der Waals surface area contributed by atoms with Crippen LogP contribution in [-0.4, -0.2) is 30.5 Å². The van der Waals surface area contributed by atoms with Crippen LogP contribution in [-0.2, 0) is 4.74 Å². The third-order valence-electron chi connectivity index (χ3n) is 0.712. The highest BCUT2D eigenvalue weighted by Gasteiger charge is 2.13. The Bertz CT molecular complexity index is 136. The summed E-state index contributed by atoms with van der Waals surface area (Å²) in [5, 5.41) is -0.859. The Hall–Kier alpha value is -0.770. The predicted molar refractivity (Wildman–Crippen MR) is 31.4 cm³/mol. The van der Waals surface area contributed by atoms with E-state index in [4.69, 9.17) is 11.6 Å². The van der Waals surface area contributed by atoms with Crippen LogP contribution in [0.25, 0.3) is 0 Å². The van der Waals surface area contributed by atoms with Gasteiger partial charge < -0.3 is 4.74 Å². The molecule has 0 aromatic carbocycles. The van der Waals surface area contributed by atoms with E-state index in [2.05, 4.69) is 4.74 Å². The highest BCUT2D eigenvalue weighted by molar-refractivity contribution is 6.63. The molecule has 0 fully saturated rings. The van der Waals surface area contributed by atoms with Crippen molar-refractivity contribution in [3.8, 4) is 0 Å². The summed E-state index contributed by atoms with van der Waals surface area (Å²) in [5.41, 5.74) is 0. The Morgan fingerprint density at radius 1 is 1.56 bits per heavy atom. The van der Waals surface area contributed by atoms with Crippen molar-refractivity contribution >= 4 is 23.1 Å². The molecular formula is C4H6ClNO3. The van der Waals surface area contributed by atoms with Crippen LogP contribution in [0, 0.1) is 0 Å². The minimum atomic E-state index is -0.859. The fourth-order valence-corrected chi connectivity index (χ4v) is 0.278. The fourth-order valence-electron chi connectivity index (χ4n) is 0.209. The van der Waals surface area contributed by atoms with Crippen LogP contribution in [0.4, 0.5) is 9.59 Å². The van der Waals surface area contributed by atoms with Crippen molar-refractivity contribution in [1.29, 1.82) is 0 Å². The van der Waals surface area contributed by atoms with Gasteiger partial charge in [-0.05, 0) is 11.6 Å². The molecule has 0 aliphatic rings. The smallest absolute Gasteiger partial charge is 0.416 e. The number of amides is 2. The lowest BCUT2D eigenvalue weighted by Crippen LogP contribution is -2.28. The molecule has 52 valence electrons. The first-order valence-electron chi connectivity index (χ1n) is 2.10. The number of carbonyl (C=O) groups excluding carboxylic acids is 2. The third-order valence-corrected chi connectivity index (χ3v) is 0.966. The molecule has 4 nitrogen and oxygen atoms in total. The van der Waals surface area contributed by atoms with E-state index >= 15 is 0 Å². The first-order chi connectivity index (χ1) is 4.09. The summed E-state index contributed by atoms with van der Waals surface area (Å²) in [4.78, 5) is 21.1. The Kier molecular flexibility index (Phi) is 3.01. The molecule has 0 N–H and O–H groups in total. The average molecular weight is 152 g/mol. The molecule has 0 spiro atoms. The zero-order valence-corrected chi connectivity index (χ0v) is 5.81. The van der Waals surface area contributed by atoms with Crippen molar-refractivity contribution < 1.29 is 14.3 Å². The number of halogens is 1. The maximum Gasteiger partial charge on any atom is 0.416 e. The molecule has 0 aromatic heterocycles. The van der Waals surface area contributed by atoms with Gasteiger partial charge in [0.05, 0.1) is 7.11 Å². The van der Waals surface area contributed by atoms with Crippen LogP contribution in [0.15, 0.2) is 0 Å². The molecule has 0 saturated carbocycles. The van der Waals surface area contributed by atoms with E-state index < -0.39 is 11.5 Å². The molecule has 0 heterocycles. The molecule has 0 rings (SSSR count). The topological polar surface area (TPSA) is 46.6 Å². The van der Waals surface area contributed by atoms with Gasteiger partial charge in [-0.3, -0.25) is 4.79 Å². The van der Waals surface area contributed by atoms with Crippen LogP contribution in [0.2, 0.25) is 0 Å². The summed E-state index contributed by atoms with van der Waals surface area (Å²) in [6.07, 6.45) is -0.769. The molecule has 0 aromatic rings. The van der Waals surface area contributed by atoms with Gasteiger partial charge in [0.2, 0.25) is 0 Å². The normalized spacial score (nSPS) is 8.33. The SMILES string of the molecule is COC(=O)N(C)C(=O)Cl. The quantitative estimate of drug-likeness (QED) is 0.384. The van der Waals surface area contributed by atoms with Crippen molar-refractivity contribution in [2.24, 2.45) is 0 Å². The van der Waals surface area contributed by atoms with E-state index in [0.717, 1.165) is 0 Å². The van der Waals surface area contributed by atoms with Crippen LogP contribution >= 0.6 is 11.6 Å². The summed E-state index contributed by atoms with van der Waals surface area (Å²) in [5.74, 6) is 0. The molecule has 0 bridgehead atoms. The minimum Gasteiger partial charge on any atom is -0.452 e. The molecule has 2 amide bonds. The van der Waals surface area contributed by atoms with Crippen molar-refractivity contribution in [2.45, 2.75) is 0 Å². The molecule has 5 heteroatoms. The highest BCUT2D eigenvalue weighted by atomic mass is 35.5. The lowest BCUT2D eigenvalue weighted by atomic mass is 10.9. The van der Waals surface area contributed by atoms with Crippen molar-refractivity contribution in [3.63, 3.8) is 0 Å². The van der Waals surface area contributed by atoms with Crippen LogP contribution < -0.4 is 0 Å². The summed E-state index contributed by atoms with van der Waals surface area (Å²) in [6, 6.07) is 0. The Balaban J connectivity index is 3.88. The largest absolute Gasteiger partial charge is 0.452 e. The minimum absolute atomic E-state index is 0.654. The van der Waals surface area contributed by atoms with Gasteiger partial charge in [-0.1, -0.05) is 0 Å². The van der Waals surface area contributed by atoms with E-state index in [1.54, 1.807) is 0 Å². The third kappa shape index (κ3) is 2.32. The molecule has 0 saturated heterocycles. The second-order valence-electron chi connectivity index (χ2n) is 1.28. The van der Waals surface area contributed by atoms with E-state index in [9.17, 15) is 9.59 Å². The molecule has 9 heavy (non-hydrogen) atoms. The molecule has 0 atom stereocenters. The zero-order chi connectivity index (χ0) is 7.44. The summed E-state index contributed by atoms with van der Waals surface area (Å²) in [6.45, 7) is 0. The number of methoxy groups -OCH3 is 1. The lowest BCUT2D eigenvalue weighted by Gasteiger charge is -2.07. The Labute approximate surface area is 57.3 Å². The Morgan fingerprint density at radius 3 is 2.11 bits per heavy atom. The van der Waals surface area contributed by atoms with E-state index in [-0.39, 0.29) is 0 Å². The monoisotopic (exact) mass is 151 g/mol.